The summed E-state index contributed by atoms with van der Waals surface area (Å²) in [7, 11) is 0. The first-order chi connectivity index (χ1) is 11.8. The molecule has 1 aromatic heterocycles. The van der Waals surface area contributed by atoms with Gasteiger partial charge in [-0.3, -0.25) is 4.90 Å². The maximum absolute atomic E-state index is 12.6. The van der Waals surface area contributed by atoms with Gasteiger partial charge in [0.2, 0.25) is 0 Å². The van der Waals surface area contributed by atoms with Crippen molar-refractivity contribution < 1.29 is 9.53 Å². The van der Waals surface area contributed by atoms with Crippen LogP contribution in [0.15, 0.2) is 23.7 Å². The fraction of sp³-hybridized carbons (Fsp3) is 0.474. The molecular weight excluding hydrogens is 334 g/mol. The molecule has 0 bridgehead atoms. The van der Waals surface area contributed by atoms with E-state index in [1.807, 2.05) is 33.2 Å². The number of aromatic nitrogens is 1. The Kier molecular flexibility index (Phi) is 5.11. The lowest BCUT2D eigenvalue weighted by atomic mass is 10.1. The van der Waals surface area contributed by atoms with Crippen molar-refractivity contribution in [2.75, 3.05) is 11.4 Å². The Morgan fingerprint density at radius 3 is 2.84 bits per heavy atom. The molecule has 0 aliphatic carbocycles. The third kappa shape index (κ3) is 4.19. The molecule has 3 rings (SSSR count). The monoisotopic (exact) mass is 359 g/mol. The van der Waals surface area contributed by atoms with Gasteiger partial charge < -0.3 is 10.1 Å². The van der Waals surface area contributed by atoms with Crippen LogP contribution in [0.3, 0.4) is 0 Å². The number of para-hydroxylation sites is 1. The lowest BCUT2D eigenvalue weighted by molar-refractivity contribution is 0.0583. The Morgan fingerprint density at radius 2 is 2.16 bits per heavy atom. The fourth-order valence-electron chi connectivity index (χ4n) is 2.99. The van der Waals surface area contributed by atoms with Gasteiger partial charge in [0.05, 0.1) is 16.9 Å². The summed E-state index contributed by atoms with van der Waals surface area (Å²) in [6.07, 6.45) is 0.605. The first kappa shape index (κ1) is 17.9. The van der Waals surface area contributed by atoms with Crippen LogP contribution in [-0.4, -0.2) is 23.2 Å². The molecule has 134 valence electrons. The van der Waals surface area contributed by atoms with Crippen molar-refractivity contribution in [2.24, 2.45) is 0 Å². The first-order valence-corrected chi connectivity index (χ1v) is 9.44. The van der Waals surface area contributed by atoms with Crippen molar-refractivity contribution in [1.82, 2.24) is 10.3 Å². The summed E-state index contributed by atoms with van der Waals surface area (Å²) in [5, 5.41) is 3.47. The normalized spacial score (nSPS) is 13.8. The van der Waals surface area contributed by atoms with Crippen molar-refractivity contribution in [1.29, 1.82) is 0 Å². The molecule has 0 radical (unpaired) electrons. The van der Waals surface area contributed by atoms with E-state index in [1.165, 1.54) is 10.4 Å². The van der Waals surface area contributed by atoms with Crippen LogP contribution in [0.4, 0.5) is 10.5 Å². The van der Waals surface area contributed by atoms with E-state index >= 15 is 0 Å². The predicted octanol–water partition coefficient (Wildman–Crippen LogP) is 4.04. The van der Waals surface area contributed by atoms with Crippen molar-refractivity contribution in [3.05, 3.63) is 45.4 Å². The zero-order chi connectivity index (χ0) is 18.0. The van der Waals surface area contributed by atoms with Crippen molar-refractivity contribution >= 4 is 23.1 Å². The lowest BCUT2D eigenvalue weighted by Crippen LogP contribution is -2.36. The molecule has 1 amide bonds. The maximum atomic E-state index is 12.6. The summed E-state index contributed by atoms with van der Waals surface area (Å²) in [5.74, 6) is 0. The van der Waals surface area contributed by atoms with Crippen molar-refractivity contribution in [3.8, 4) is 0 Å². The Morgan fingerprint density at radius 1 is 1.36 bits per heavy atom. The Balaban J connectivity index is 1.73. The average Bonchev–Trinajstić information content (AvgIpc) is 3.12. The minimum absolute atomic E-state index is 0.267. The fourth-order valence-corrected chi connectivity index (χ4v) is 3.73. The largest absolute Gasteiger partial charge is 0.443 e. The number of aryl methyl sites for hydroxylation is 1. The lowest BCUT2D eigenvalue weighted by Gasteiger charge is -2.26. The van der Waals surface area contributed by atoms with E-state index in [0.29, 0.717) is 13.1 Å². The molecule has 0 spiro atoms. The highest BCUT2D eigenvalue weighted by Gasteiger charge is 2.30. The van der Waals surface area contributed by atoms with E-state index in [4.69, 9.17) is 4.74 Å². The van der Waals surface area contributed by atoms with E-state index in [1.54, 1.807) is 16.2 Å². The highest BCUT2D eigenvalue weighted by atomic mass is 32.1. The zero-order valence-electron chi connectivity index (χ0n) is 15.3. The zero-order valence-corrected chi connectivity index (χ0v) is 16.1. The molecule has 0 atom stereocenters. The molecule has 6 heteroatoms. The predicted molar refractivity (Wildman–Crippen MR) is 101 cm³/mol. The molecule has 25 heavy (non-hydrogen) atoms. The number of hydrogen-bond acceptors (Lipinski definition) is 5. The molecule has 2 aromatic rings. The van der Waals surface area contributed by atoms with Crippen LogP contribution < -0.4 is 10.2 Å². The van der Waals surface area contributed by atoms with Gasteiger partial charge in [-0.05, 0) is 45.2 Å². The van der Waals surface area contributed by atoms with Gasteiger partial charge in [-0.2, -0.15) is 0 Å². The summed E-state index contributed by atoms with van der Waals surface area (Å²) in [4.78, 5) is 19.9. The van der Waals surface area contributed by atoms with E-state index in [9.17, 15) is 4.79 Å². The van der Waals surface area contributed by atoms with Crippen LogP contribution in [0, 0.1) is 6.92 Å². The van der Waals surface area contributed by atoms with Gasteiger partial charge in [0, 0.05) is 24.5 Å². The van der Waals surface area contributed by atoms with Gasteiger partial charge in [-0.1, -0.05) is 18.2 Å². The van der Waals surface area contributed by atoms with Crippen LogP contribution in [0.1, 0.15) is 42.5 Å². The van der Waals surface area contributed by atoms with E-state index < -0.39 is 5.60 Å². The van der Waals surface area contributed by atoms with Gasteiger partial charge in [0.15, 0.2) is 0 Å². The van der Waals surface area contributed by atoms with Gasteiger partial charge >= 0.3 is 6.09 Å². The number of carbonyl (C=O) groups excluding carboxylic acids is 1. The summed E-state index contributed by atoms with van der Waals surface area (Å²) < 4.78 is 5.57. The highest BCUT2D eigenvalue weighted by Crippen LogP contribution is 2.33. The molecule has 0 unspecified atom stereocenters. The van der Waals surface area contributed by atoms with Crippen LogP contribution in [0.25, 0.3) is 0 Å². The number of thiazole rings is 1. The van der Waals surface area contributed by atoms with Gasteiger partial charge in [-0.15, -0.1) is 11.3 Å². The average molecular weight is 359 g/mol. The number of carbonyl (C=O) groups is 1. The van der Waals surface area contributed by atoms with E-state index in [0.717, 1.165) is 29.9 Å². The Bertz CT molecular complexity index is 764. The number of ether oxygens (including phenoxy) is 1. The molecule has 0 saturated carbocycles. The van der Waals surface area contributed by atoms with Gasteiger partial charge in [0.25, 0.3) is 0 Å². The smallest absolute Gasteiger partial charge is 0.414 e. The molecule has 1 aliphatic rings. The van der Waals surface area contributed by atoms with Crippen molar-refractivity contribution in [3.63, 3.8) is 0 Å². The number of fused-ring (bicyclic) bond motifs is 1. The second kappa shape index (κ2) is 7.14. The number of rotatable bonds is 4. The quantitative estimate of drug-likeness (QED) is 0.895. The topological polar surface area (TPSA) is 54.5 Å². The number of nitrogens with one attached hydrogen (secondary N) is 1. The minimum Gasteiger partial charge on any atom is -0.443 e. The number of anilines is 1. The van der Waals surface area contributed by atoms with Crippen molar-refractivity contribution in [2.45, 2.75) is 52.8 Å². The van der Waals surface area contributed by atoms with E-state index in [2.05, 4.69) is 28.5 Å². The summed E-state index contributed by atoms with van der Waals surface area (Å²) >= 11 is 1.66. The summed E-state index contributed by atoms with van der Waals surface area (Å²) in [6, 6.07) is 6.23. The molecule has 2 heterocycles. The van der Waals surface area contributed by atoms with Gasteiger partial charge in [-0.25, -0.2) is 9.78 Å². The third-order valence-corrected chi connectivity index (χ3v) is 5.07. The third-order valence-electron chi connectivity index (χ3n) is 4.14. The molecule has 0 saturated heterocycles. The summed E-state index contributed by atoms with van der Waals surface area (Å²) in [5.41, 5.74) is 5.80. The molecule has 1 aromatic carbocycles. The minimum atomic E-state index is -0.489. The van der Waals surface area contributed by atoms with E-state index in [-0.39, 0.29) is 6.09 Å². The molecule has 1 N–H and O–H groups in total. The molecule has 1 aliphatic heterocycles. The second-order valence-electron chi connectivity index (χ2n) is 7.27. The standard InChI is InChI=1S/C19H25N3O2S/c1-13-16(25-12-21-13)11-20-10-15-7-5-6-14-8-9-22(17(14)15)18(23)24-19(2,3)4/h5-7,12,20H,8-11H2,1-4H3. The van der Waals surface area contributed by atoms with Gasteiger partial charge in [0.1, 0.15) is 5.60 Å². The SMILES string of the molecule is Cc1ncsc1CNCc1cccc2c1N(C(=O)OC(C)(C)C)CC2. The summed E-state index contributed by atoms with van der Waals surface area (Å²) in [6.45, 7) is 9.88. The number of benzene rings is 1. The number of nitrogens with zero attached hydrogens (tertiary/aromatic N) is 2. The molecular formula is C19H25N3O2S. The van der Waals surface area contributed by atoms with Crippen LogP contribution in [-0.2, 0) is 24.2 Å². The second-order valence-corrected chi connectivity index (χ2v) is 8.21. The van der Waals surface area contributed by atoms with Crippen LogP contribution >= 0.6 is 11.3 Å². The number of hydrogen-bond donors (Lipinski definition) is 1. The Hall–Kier alpha value is -1.92. The maximum Gasteiger partial charge on any atom is 0.414 e. The first-order valence-electron chi connectivity index (χ1n) is 8.56. The van der Waals surface area contributed by atoms with Crippen LogP contribution in [0.2, 0.25) is 0 Å². The Labute approximate surface area is 153 Å². The molecule has 0 fully saturated rings. The van der Waals surface area contributed by atoms with Crippen LogP contribution in [0.5, 0.6) is 0 Å². The highest BCUT2D eigenvalue weighted by molar-refractivity contribution is 7.09. The molecule has 5 nitrogen and oxygen atoms in total. The number of amides is 1.